The minimum atomic E-state index is -3.57. The number of sulfonamides is 1. The van der Waals surface area contributed by atoms with Crippen molar-refractivity contribution < 1.29 is 22.7 Å². The van der Waals surface area contributed by atoms with Crippen LogP contribution < -0.4 is 14.4 Å². The van der Waals surface area contributed by atoms with E-state index < -0.39 is 16.1 Å². The zero-order valence-corrected chi connectivity index (χ0v) is 22.1. The Hall–Kier alpha value is -3.07. The summed E-state index contributed by atoms with van der Waals surface area (Å²) in [5.74, 6) is 0.164. The van der Waals surface area contributed by atoms with E-state index in [4.69, 9.17) is 4.74 Å². The molecule has 192 valence electrons. The van der Waals surface area contributed by atoms with Crippen molar-refractivity contribution in [3.8, 4) is 5.75 Å². The third kappa shape index (κ3) is 8.28. The Bertz CT molecular complexity index is 1090. The number of rotatable bonds is 13. The number of hydrogen-bond donors (Lipinski definition) is 1. The van der Waals surface area contributed by atoms with Crippen LogP contribution in [0.25, 0.3) is 0 Å². The molecule has 1 N–H and O–H groups in total. The molecule has 0 aliphatic heterocycles. The highest BCUT2D eigenvalue weighted by atomic mass is 32.2. The minimum Gasteiger partial charge on any atom is -0.497 e. The highest BCUT2D eigenvalue weighted by Gasteiger charge is 2.28. The molecule has 35 heavy (non-hydrogen) atoms. The topological polar surface area (TPSA) is 96.0 Å². The van der Waals surface area contributed by atoms with Gasteiger partial charge in [-0.15, -0.1) is 0 Å². The molecule has 8 nitrogen and oxygen atoms in total. The first-order valence-corrected chi connectivity index (χ1v) is 13.7. The summed E-state index contributed by atoms with van der Waals surface area (Å²) in [6, 6.07) is 14.1. The molecule has 0 radical (unpaired) electrons. The first-order valence-electron chi connectivity index (χ1n) is 11.8. The fourth-order valence-corrected chi connectivity index (χ4v) is 4.83. The van der Waals surface area contributed by atoms with Gasteiger partial charge in [-0.25, -0.2) is 8.42 Å². The molecule has 0 heterocycles. The first kappa shape index (κ1) is 28.2. The fourth-order valence-electron chi connectivity index (χ4n) is 3.87. The third-order valence-corrected chi connectivity index (χ3v) is 6.90. The maximum absolute atomic E-state index is 13.3. The summed E-state index contributed by atoms with van der Waals surface area (Å²) in [5.41, 5.74) is 2.52. The summed E-state index contributed by atoms with van der Waals surface area (Å²) in [5, 5.41) is 2.82. The second-order valence-corrected chi connectivity index (χ2v) is 10.4. The normalized spacial score (nSPS) is 12.0. The summed E-state index contributed by atoms with van der Waals surface area (Å²) in [6.07, 6.45) is 2.03. The molecule has 1 atom stereocenters. The number of anilines is 1. The molecule has 0 aromatic heterocycles. The lowest BCUT2D eigenvalue weighted by Gasteiger charge is -2.31. The number of aryl methyl sites for hydroxylation is 1. The third-order valence-electron chi connectivity index (χ3n) is 5.70. The van der Waals surface area contributed by atoms with E-state index >= 15 is 0 Å². The number of methoxy groups -OCH3 is 1. The van der Waals surface area contributed by atoms with Gasteiger partial charge in [0.05, 0.1) is 19.1 Å². The van der Waals surface area contributed by atoms with Crippen LogP contribution >= 0.6 is 0 Å². The van der Waals surface area contributed by atoms with Crippen LogP contribution in [0.3, 0.4) is 0 Å². The van der Waals surface area contributed by atoms with Gasteiger partial charge in [0.1, 0.15) is 11.8 Å². The molecule has 0 saturated heterocycles. The van der Waals surface area contributed by atoms with Crippen LogP contribution in [-0.2, 0) is 26.2 Å². The van der Waals surface area contributed by atoms with Gasteiger partial charge < -0.3 is 15.0 Å². The van der Waals surface area contributed by atoms with Crippen molar-refractivity contribution in [3.63, 3.8) is 0 Å². The molecule has 0 spiro atoms. The molecule has 0 fully saturated rings. The molecule has 0 aliphatic carbocycles. The number of nitrogens with zero attached hydrogens (tertiary/aromatic N) is 2. The lowest BCUT2D eigenvalue weighted by Crippen LogP contribution is -2.49. The molecule has 0 bridgehead atoms. The predicted molar refractivity (Wildman–Crippen MR) is 139 cm³/mol. The number of ether oxygens (including phenoxy) is 1. The summed E-state index contributed by atoms with van der Waals surface area (Å²) in [4.78, 5) is 27.7. The number of carbonyl (C=O) groups is 2. The molecule has 9 heteroatoms. The van der Waals surface area contributed by atoms with Gasteiger partial charge in [0.15, 0.2) is 0 Å². The molecule has 2 aromatic carbocycles. The van der Waals surface area contributed by atoms with E-state index in [0.29, 0.717) is 37.4 Å². The molecule has 0 unspecified atom stereocenters. The van der Waals surface area contributed by atoms with Crippen molar-refractivity contribution in [3.05, 3.63) is 59.7 Å². The molecule has 0 aliphatic rings. The van der Waals surface area contributed by atoms with E-state index in [1.807, 2.05) is 45.0 Å². The van der Waals surface area contributed by atoms with E-state index in [2.05, 4.69) is 5.32 Å². The van der Waals surface area contributed by atoms with Crippen molar-refractivity contribution in [1.29, 1.82) is 0 Å². The van der Waals surface area contributed by atoms with Crippen molar-refractivity contribution in [1.82, 2.24) is 10.2 Å². The Morgan fingerprint density at radius 2 is 1.77 bits per heavy atom. The van der Waals surface area contributed by atoms with Gasteiger partial charge in [0.25, 0.3) is 0 Å². The van der Waals surface area contributed by atoms with E-state index in [9.17, 15) is 18.0 Å². The molecule has 2 aromatic rings. The van der Waals surface area contributed by atoms with Crippen molar-refractivity contribution in [2.45, 2.75) is 52.6 Å². The average Bonchev–Trinajstić information content (AvgIpc) is 2.82. The van der Waals surface area contributed by atoms with Crippen LogP contribution in [0.1, 0.15) is 44.2 Å². The molecule has 2 rings (SSSR count). The summed E-state index contributed by atoms with van der Waals surface area (Å²) in [7, 11) is -2.05. The summed E-state index contributed by atoms with van der Waals surface area (Å²) < 4.78 is 31.4. The fraction of sp³-hybridized carbons (Fsp3) is 0.462. The maximum Gasteiger partial charge on any atom is 0.242 e. The number of benzene rings is 2. The van der Waals surface area contributed by atoms with Crippen molar-refractivity contribution >= 4 is 27.5 Å². The lowest BCUT2D eigenvalue weighted by atomic mass is 10.1. The van der Waals surface area contributed by atoms with Gasteiger partial charge in [-0.05, 0) is 44.4 Å². The van der Waals surface area contributed by atoms with Gasteiger partial charge >= 0.3 is 0 Å². The Morgan fingerprint density at radius 1 is 1.09 bits per heavy atom. The Kier molecular flexibility index (Phi) is 10.6. The van der Waals surface area contributed by atoms with E-state index in [1.165, 1.54) is 11.4 Å². The monoisotopic (exact) mass is 503 g/mol. The minimum absolute atomic E-state index is 0.109. The number of likely N-dealkylation sites (N-methyl/N-ethyl adjacent to an activating group) is 1. The van der Waals surface area contributed by atoms with Crippen LogP contribution in [0, 0.1) is 6.92 Å². The van der Waals surface area contributed by atoms with Crippen LogP contribution in [-0.4, -0.2) is 57.6 Å². The standard InChI is InChI=1S/C26H37N3O5S/c1-6-24(26(31)27-7-2)28(19-21-15-13-20(3)14-16-21)25(30)12-9-17-29(35(5,32)33)22-10-8-11-23(18-22)34-4/h8,10-11,13-16,18,24H,6-7,9,12,17,19H2,1-5H3,(H,27,31)/t24-/m0/s1. The molecule has 2 amide bonds. The Labute approximate surface area is 209 Å². The van der Waals surface area contributed by atoms with Crippen molar-refractivity contribution in [2.75, 3.05) is 30.8 Å². The van der Waals surface area contributed by atoms with Gasteiger partial charge in [-0.3, -0.25) is 13.9 Å². The van der Waals surface area contributed by atoms with Crippen LogP contribution in [0.2, 0.25) is 0 Å². The number of nitrogens with one attached hydrogen (secondary N) is 1. The SMILES string of the molecule is CCNC(=O)[C@H](CC)N(Cc1ccc(C)cc1)C(=O)CCCN(c1cccc(OC)c1)S(C)(=O)=O. The summed E-state index contributed by atoms with van der Waals surface area (Å²) >= 11 is 0. The number of hydrogen-bond acceptors (Lipinski definition) is 5. The highest BCUT2D eigenvalue weighted by Crippen LogP contribution is 2.24. The van der Waals surface area contributed by atoms with E-state index in [-0.39, 0.29) is 24.8 Å². The van der Waals surface area contributed by atoms with Gasteiger partial charge in [0, 0.05) is 32.1 Å². The number of amides is 2. The Morgan fingerprint density at radius 3 is 2.34 bits per heavy atom. The predicted octanol–water partition coefficient (Wildman–Crippen LogP) is 3.49. The molecular formula is C26H37N3O5S. The quantitative estimate of drug-likeness (QED) is 0.451. The zero-order valence-electron chi connectivity index (χ0n) is 21.3. The van der Waals surface area contributed by atoms with Crippen LogP contribution in [0.5, 0.6) is 5.75 Å². The zero-order chi connectivity index (χ0) is 26.0. The van der Waals surface area contributed by atoms with Gasteiger partial charge in [-0.1, -0.05) is 42.8 Å². The smallest absolute Gasteiger partial charge is 0.242 e. The lowest BCUT2D eigenvalue weighted by molar-refractivity contribution is -0.141. The first-order chi connectivity index (χ1) is 16.6. The highest BCUT2D eigenvalue weighted by molar-refractivity contribution is 7.92. The van der Waals surface area contributed by atoms with Crippen molar-refractivity contribution in [2.24, 2.45) is 0 Å². The van der Waals surface area contributed by atoms with E-state index in [0.717, 1.165) is 17.4 Å². The Balaban J connectivity index is 2.20. The average molecular weight is 504 g/mol. The maximum atomic E-state index is 13.3. The second kappa shape index (κ2) is 13.1. The second-order valence-electron chi connectivity index (χ2n) is 8.47. The van der Waals surface area contributed by atoms with Gasteiger partial charge in [-0.2, -0.15) is 0 Å². The van der Waals surface area contributed by atoms with Crippen LogP contribution in [0.15, 0.2) is 48.5 Å². The molecule has 0 saturated carbocycles. The molecular weight excluding hydrogens is 466 g/mol. The number of carbonyl (C=O) groups excluding carboxylic acids is 2. The van der Waals surface area contributed by atoms with Crippen LogP contribution in [0.4, 0.5) is 5.69 Å². The van der Waals surface area contributed by atoms with E-state index in [1.54, 1.807) is 29.2 Å². The summed E-state index contributed by atoms with van der Waals surface area (Å²) in [6.45, 7) is 6.63. The largest absolute Gasteiger partial charge is 0.497 e. The van der Waals surface area contributed by atoms with Gasteiger partial charge in [0.2, 0.25) is 21.8 Å².